The van der Waals surface area contributed by atoms with Crippen LogP contribution in [0, 0.1) is 18.3 Å². The molecule has 3 heterocycles. The molecule has 0 unspecified atom stereocenters. The lowest BCUT2D eigenvalue weighted by atomic mass is 10.2. The quantitative estimate of drug-likeness (QED) is 0.902. The highest BCUT2D eigenvalue weighted by Gasteiger charge is 2.13. The summed E-state index contributed by atoms with van der Waals surface area (Å²) in [5.41, 5.74) is 2.61. The number of hydrogen-bond acceptors (Lipinski definition) is 4. The number of nitrogens with one attached hydrogen (secondary N) is 1. The molecule has 0 amide bonds. The summed E-state index contributed by atoms with van der Waals surface area (Å²) in [6.07, 6.45) is 2.90. The molecule has 0 spiro atoms. The van der Waals surface area contributed by atoms with E-state index in [2.05, 4.69) is 27.3 Å². The summed E-state index contributed by atoms with van der Waals surface area (Å²) in [6.45, 7) is 7.34. The Balaban J connectivity index is 1.82. The van der Waals surface area contributed by atoms with E-state index in [-0.39, 0.29) is 0 Å². The molecular formula is C15H19N5. The van der Waals surface area contributed by atoms with Gasteiger partial charge in [-0.1, -0.05) is 0 Å². The molecule has 104 valence electrons. The highest BCUT2D eigenvalue weighted by molar-refractivity contribution is 5.59. The van der Waals surface area contributed by atoms with E-state index in [0.717, 1.165) is 56.0 Å². The number of nitriles is 1. The molecule has 1 fully saturated rings. The van der Waals surface area contributed by atoms with Gasteiger partial charge in [0.05, 0.1) is 5.52 Å². The third-order valence-electron chi connectivity index (χ3n) is 3.84. The maximum atomic E-state index is 9.21. The van der Waals surface area contributed by atoms with Crippen molar-refractivity contribution in [3.05, 3.63) is 35.4 Å². The van der Waals surface area contributed by atoms with E-state index in [1.54, 1.807) is 0 Å². The first-order valence-corrected chi connectivity index (χ1v) is 7.08. The molecular weight excluding hydrogens is 250 g/mol. The summed E-state index contributed by atoms with van der Waals surface area (Å²) in [5.74, 6) is 0.982. The number of piperazine rings is 1. The maximum absolute atomic E-state index is 9.21. The Morgan fingerprint density at radius 3 is 2.95 bits per heavy atom. The van der Waals surface area contributed by atoms with Crippen molar-refractivity contribution in [1.82, 2.24) is 19.6 Å². The second-order valence-corrected chi connectivity index (χ2v) is 5.29. The minimum absolute atomic E-state index is 0.531. The van der Waals surface area contributed by atoms with Gasteiger partial charge in [0, 0.05) is 45.3 Å². The van der Waals surface area contributed by atoms with E-state index >= 15 is 0 Å². The summed E-state index contributed by atoms with van der Waals surface area (Å²) in [6, 6.07) is 6.29. The van der Waals surface area contributed by atoms with Gasteiger partial charge in [-0.05, 0) is 24.6 Å². The van der Waals surface area contributed by atoms with Crippen molar-refractivity contribution >= 4 is 5.52 Å². The van der Waals surface area contributed by atoms with Crippen molar-refractivity contribution in [2.75, 3.05) is 32.7 Å². The summed E-state index contributed by atoms with van der Waals surface area (Å²) in [4.78, 5) is 6.94. The van der Waals surface area contributed by atoms with Gasteiger partial charge in [0.2, 0.25) is 0 Å². The fourth-order valence-electron chi connectivity index (χ4n) is 2.70. The van der Waals surface area contributed by atoms with Gasteiger partial charge < -0.3 is 14.6 Å². The van der Waals surface area contributed by atoms with Crippen molar-refractivity contribution in [2.45, 2.75) is 13.3 Å². The van der Waals surface area contributed by atoms with E-state index in [1.807, 2.05) is 23.6 Å². The lowest BCUT2D eigenvalue weighted by Crippen LogP contribution is -2.44. The predicted molar refractivity (Wildman–Crippen MR) is 77.7 cm³/mol. The first-order chi connectivity index (χ1) is 9.78. The van der Waals surface area contributed by atoms with Crippen LogP contribution in [-0.2, 0) is 6.42 Å². The number of aryl methyl sites for hydroxylation is 1. The minimum Gasteiger partial charge on any atom is -0.314 e. The molecule has 2 aromatic rings. The Labute approximate surface area is 118 Å². The van der Waals surface area contributed by atoms with Crippen LogP contribution in [0.2, 0.25) is 0 Å². The third-order valence-corrected chi connectivity index (χ3v) is 3.84. The molecule has 1 N–H and O–H groups in total. The van der Waals surface area contributed by atoms with Crippen LogP contribution in [0.1, 0.15) is 17.1 Å². The zero-order chi connectivity index (χ0) is 13.9. The molecule has 5 nitrogen and oxygen atoms in total. The maximum Gasteiger partial charge on any atom is 0.166 e. The van der Waals surface area contributed by atoms with Gasteiger partial charge in [-0.15, -0.1) is 0 Å². The minimum atomic E-state index is 0.531. The molecule has 0 aromatic carbocycles. The first-order valence-electron chi connectivity index (χ1n) is 7.08. The van der Waals surface area contributed by atoms with E-state index < -0.39 is 0 Å². The monoisotopic (exact) mass is 269 g/mol. The molecule has 0 bridgehead atoms. The second-order valence-electron chi connectivity index (χ2n) is 5.29. The Bertz CT molecular complexity index is 646. The zero-order valence-electron chi connectivity index (χ0n) is 11.8. The molecule has 5 heteroatoms. The van der Waals surface area contributed by atoms with Gasteiger partial charge in [0.1, 0.15) is 11.9 Å². The summed E-state index contributed by atoms with van der Waals surface area (Å²) in [5, 5.41) is 12.6. The van der Waals surface area contributed by atoms with Crippen LogP contribution in [0.4, 0.5) is 0 Å². The fourth-order valence-corrected chi connectivity index (χ4v) is 2.70. The lowest BCUT2D eigenvalue weighted by molar-refractivity contribution is 0.242. The highest BCUT2D eigenvalue weighted by Crippen LogP contribution is 2.15. The topological polar surface area (TPSA) is 56.4 Å². The first kappa shape index (κ1) is 13.1. The van der Waals surface area contributed by atoms with Crippen molar-refractivity contribution in [2.24, 2.45) is 0 Å². The van der Waals surface area contributed by atoms with Gasteiger partial charge in [0.25, 0.3) is 0 Å². The average Bonchev–Trinajstić information content (AvgIpc) is 2.83. The molecule has 0 radical (unpaired) electrons. The second kappa shape index (κ2) is 5.61. The number of rotatable bonds is 3. The number of hydrogen-bond donors (Lipinski definition) is 1. The zero-order valence-corrected chi connectivity index (χ0v) is 11.8. The van der Waals surface area contributed by atoms with Crippen LogP contribution in [-0.4, -0.2) is 47.0 Å². The van der Waals surface area contributed by atoms with Gasteiger partial charge in [-0.2, -0.15) is 5.26 Å². The third kappa shape index (κ3) is 2.53. The van der Waals surface area contributed by atoms with Crippen molar-refractivity contribution in [3.8, 4) is 6.07 Å². The SMILES string of the molecule is Cc1ccn2c(CCN3CCNCC3)nc(C#N)c2c1. The van der Waals surface area contributed by atoms with E-state index in [9.17, 15) is 5.26 Å². The van der Waals surface area contributed by atoms with Crippen molar-refractivity contribution < 1.29 is 0 Å². The van der Waals surface area contributed by atoms with Crippen LogP contribution in [0.15, 0.2) is 18.3 Å². The van der Waals surface area contributed by atoms with Gasteiger partial charge in [-0.3, -0.25) is 0 Å². The molecule has 1 aliphatic rings. The average molecular weight is 269 g/mol. The fraction of sp³-hybridized carbons (Fsp3) is 0.467. The largest absolute Gasteiger partial charge is 0.314 e. The standard InChI is InChI=1S/C15H19N5/c1-12-2-7-20-14(10-12)13(11-16)18-15(20)3-6-19-8-4-17-5-9-19/h2,7,10,17H,3-6,8-9H2,1H3. The van der Waals surface area contributed by atoms with E-state index in [0.29, 0.717) is 5.69 Å². The molecule has 1 saturated heterocycles. The number of pyridine rings is 1. The Morgan fingerprint density at radius 2 is 2.20 bits per heavy atom. The smallest absolute Gasteiger partial charge is 0.166 e. The Hall–Kier alpha value is -1.90. The number of aromatic nitrogens is 2. The number of fused-ring (bicyclic) bond motifs is 1. The van der Waals surface area contributed by atoms with Crippen LogP contribution in [0.25, 0.3) is 5.52 Å². The van der Waals surface area contributed by atoms with Crippen molar-refractivity contribution in [3.63, 3.8) is 0 Å². The normalized spacial score (nSPS) is 16.4. The lowest BCUT2D eigenvalue weighted by Gasteiger charge is -2.26. The molecule has 0 aliphatic carbocycles. The summed E-state index contributed by atoms with van der Waals surface area (Å²) in [7, 11) is 0. The Morgan fingerprint density at radius 1 is 1.40 bits per heavy atom. The Kier molecular flexibility index (Phi) is 3.68. The molecule has 20 heavy (non-hydrogen) atoms. The van der Waals surface area contributed by atoms with Crippen LogP contribution in [0.3, 0.4) is 0 Å². The van der Waals surface area contributed by atoms with Crippen LogP contribution in [0.5, 0.6) is 0 Å². The van der Waals surface area contributed by atoms with Gasteiger partial charge in [0.15, 0.2) is 5.69 Å². The molecule has 3 rings (SSSR count). The molecule has 1 aliphatic heterocycles. The molecule has 0 saturated carbocycles. The van der Waals surface area contributed by atoms with Gasteiger partial charge >= 0.3 is 0 Å². The molecule has 2 aromatic heterocycles. The summed E-state index contributed by atoms with van der Waals surface area (Å²) < 4.78 is 2.05. The number of imidazole rings is 1. The van der Waals surface area contributed by atoms with E-state index in [4.69, 9.17) is 0 Å². The summed E-state index contributed by atoms with van der Waals surface area (Å²) >= 11 is 0. The van der Waals surface area contributed by atoms with E-state index in [1.165, 1.54) is 0 Å². The van der Waals surface area contributed by atoms with Gasteiger partial charge in [-0.25, -0.2) is 4.98 Å². The van der Waals surface area contributed by atoms with Crippen LogP contribution >= 0.6 is 0 Å². The van der Waals surface area contributed by atoms with Crippen molar-refractivity contribution in [1.29, 1.82) is 5.26 Å². The number of nitrogens with zero attached hydrogens (tertiary/aromatic N) is 4. The highest BCUT2D eigenvalue weighted by atomic mass is 15.2. The predicted octanol–water partition coefficient (Wildman–Crippen LogP) is 0.962. The van der Waals surface area contributed by atoms with Crippen LogP contribution < -0.4 is 5.32 Å². The molecule has 0 atom stereocenters.